The van der Waals surface area contributed by atoms with Crippen LogP contribution in [0.2, 0.25) is 0 Å². The number of hydrogen-bond acceptors (Lipinski definition) is 3. The summed E-state index contributed by atoms with van der Waals surface area (Å²) in [5.41, 5.74) is 11.4. The molecule has 13 heavy (non-hydrogen) atoms. The van der Waals surface area contributed by atoms with E-state index in [0.29, 0.717) is 17.0 Å². The maximum absolute atomic E-state index is 10.7. The second-order valence-electron chi connectivity index (χ2n) is 2.32. The minimum atomic E-state index is -0.496. The number of benzene rings is 1. The lowest BCUT2D eigenvalue weighted by Crippen LogP contribution is -2.11. The summed E-state index contributed by atoms with van der Waals surface area (Å²) in [7, 11) is 1.51. The van der Waals surface area contributed by atoms with E-state index in [1.165, 1.54) is 13.2 Å². The molecular formula is C8H11ClN2O2. The summed E-state index contributed by atoms with van der Waals surface area (Å²) in [5, 5.41) is 0. The molecule has 0 bridgehead atoms. The number of carbonyl (C=O) groups excluding carboxylic acids is 1. The zero-order chi connectivity index (χ0) is 9.14. The zero-order valence-electron chi connectivity index (χ0n) is 7.11. The quantitative estimate of drug-likeness (QED) is 0.697. The minimum Gasteiger partial charge on any atom is -0.495 e. The average molecular weight is 203 g/mol. The van der Waals surface area contributed by atoms with E-state index >= 15 is 0 Å². The second kappa shape index (κ2) is 4.57. The summed E-state index contributed by atoms with van der Waals surface area (Å²) >= 11 is 0. The van der Waals surface area contributed by atoms with Gasteiger partial charge in [0.25, 0.3) is 0 Å². The Bertz CT molecular complexity index is 315. The highest BCUT2D eigenvalue weighted by molar-refractivity contribution is 5.94. The van der Waals surface area contributed by atoms with Gasteiger partial charge in [-0.05, 0) is 18.2 Å². The highest BCUT2D eigenvalue weighted by Crippen LogP contribution is 2.21. The van der Waals surface area contributed by atoms with Gasteiger partial charge in [0.2, 0.25) is 5.91 Å². The van der Waals surface area contributed by atoms with Crippen molar-refractivity contribution in [1.82, 2.24) is 0 Å². The third-order valence-electron chi connectivity index (χ3n) is 1.51. The molecule has 1 aromatic carbocycles. The van der Waals surface area contributed by atoms with Crippen molar-refractivity contribution in [3.05, 3.63) is 23.8 Å². The number of nitrogens with two attached hydrogens (primary N) is 2. The molecule has 1 rings (SSSR count). The average Bonchev–Trinajstić information content (AvgIpc) is 2.04. The van der Waals surface area contributed by atoms with Crippen molar-refractivity contribution in [3.8, 4) is 5.75 Å². The largest absolute Gasteiger partial charge is 0.495 e. The first kappa shape index (κ1) is 11.6. The van der Waals surface area contributed by atoms with Crippen molar-refractivity contribution in [2.45, 2.75) is 0 Å². The van der Waals surface area contributed by atoms with Crippen LogP contribution in [-0.2, 0) is 0 Å². The van der Waals surface area contributed by atoms with E-state index < -0.39 is 5.91 Å². The lowest BCUT2D eigenvalue weighted by molar-refractivity contribution is 0.100. The van der Waals surface area contributed by atoms with Crippen molar-refractivity contribution in [1.29, 1.82) is 0 Å². The molecule has 1 amide bonds. The molecule has 1 aromatic rings. The van der Waals surface area contributed by atoms with Crippen LogP contribution >= 0.6 is 12.4 Å². The molecule has 4 N–H and O–H groups in total. The Kier molecular flexibility index (Phi) is 4.07. The number of amides is 1. The van der Waals surface area contributed by atoms with E-state index in [4.69, 9.17) is 16.2 Å². The first-order valence-corrected chi connectivity index (χ1v) is 3.38. The smallest absolute Gasteiger partial charge is 0.248 e. The Morgan fingerprint density at radius 1 is 1.46 bits per heavy atom. The number of methoxy groups -OCH3 is 1. The summed E-state index contributed by atoms with van der Waals surface area (Å²) in [5.74, 6) is 0.0457. The van der Waals surface area contributed by atoms with E-state index in [0.717, 1.165) is 0 Å². The molecular weight excluding hydrogens is 192 g/mol. The Morgan fingerprint density at radius 3 is 2.46 bits per heavy atom. The molecule has 4 nitrogen and oxygen atoms in total. The Hall–Kier alpha value is -1.42. The Balaban J connectivity index is 0.00000144. The minimum absolute atomic E-state index is 0. The van der Waals surface area contributed by atoms with Crippen LogP contribution in [0.3, 0.4) is 0 Å². The van der Waals surface area contributed by atoms with Crippen LogP contribution in [0.5, 0.6) is 5.75 Å². The van der Waals surface area contributed by atoms with Gasteiger partial charge in [-0.25, -0.2) is 0 Å². The Morgan fingerprint density at radius 2 is 2.08 bits per heavy atom. The van der Waals surface area contributed by atoms with Crippen LogP contribution in [0.1, 0.15) is 10.4 Å². The SMILES string of the molecule is COc1ccc(C(N)=O)cc1N.Cl. The van der Waals surface area contributed by atoms with Gasteiger partial charge in [-0.15, -0.1) is 12.4 Å². The summed E-state index contributed by atoms with van der Waals surface area (Å²) in [6, 6.07) is 4.66. The predicted molar refractivity (Wildman–Crippen MR) is 53.2 cm³/mol. The topological polar surface area (TPSA) is 78.3 Å². The standard InChI is InChI=1S/C8H10N2O2.ClH/c1-12-7-3-2-5(8(10)11)4-6(7)9;/h2-4H,9H2,1H3,(H2,10,11);1H. The molecule has 0 radical (unpaired) electrons. The first-order valence-electron chi connectivity index (χ1n) is 3.38. The molecule has 0 fully saturated rings. The highest BCUT2D eigenvalue weighted by atomic mass is 35.5. The van der Waals surface area contributed by atoms with Gasteiger partial charge in [-0.2, -0.15) is 0 Å². The maximum atomic E-state index is 10.7. The van der Waals surface area contributed by atoms with Gasteiger partial charge in [-0.3, -0.25) is 4.79 Å². The molecule has 0 saturated carbocycles. The summed E-state index contributed by atoms with van der Waals surface area (Å²) in [4.78, 5) is 10.7. The number of halogens is 1. The van der Waals surface area contributed by atoms with Crippen molar-refractivity contribution in [2.75, 3.05) is 12.8 Å². The molecule has 72 valence electrons. The van der Waals surface area contributed by atoms with Crippen LogP contribution < -0.4 is 16.2 Å². The molecule has 0 atom stereocenters. The van der Waals surface area contributed by atoms with E-state index in [9.17, 15) is 4.79 Å². The fourth-order valence-corrected chi connectivity index (χ4v) is 0.888. The first-order chi connectivity index (χ1) is 5.65. The van der Waals surface area contributed by atoms with Gasteiger partial charge in [0, 0.05) is 5.56 Å². The van der Waals surface area contributed by atoms with E-state index in [-0.39, 0.29) is 12.4 Å². The molecule has 0 heterocycles. The van der Waals surface area contributed by atoms with Gasteiger partial charge in [0.15, 0.2) is 0 Å². The molecule has 0 aliphatic rings. The maximum Gasteiger partial charge on any atom is 0.248 e. The molecule has 0 spiro atoms. The van der Waals surface area contributed by atoms with Crippen LogP contribution in [-0.4, -0.2) is 13.0 Å². The number of nitrogen functional groups attached to an aromatic ring is 1. The number of hydrogen-bond donors (Lipinski definition) is 2. The number of rotatable bonds is 2. The highest BCUT2D eigenvalue weighted by Gasteiger charge is 2.03. The van der Waals surface area contributed by atoms with Crippen molar-refractivity contribution in [2.24, 2.45) is 5.73 Å². The van der Waals surface area contributed by atoms with Crippen molar-refractivity contribution in [3.63, 3.8) is 0 Å². The molecule has 0 aliphatic carbocycles. The number of ether oxygens (including phenoxy) is 1. The molecule has 0 saturated heterocycles. The zero-order valence-corrected chi connectivity index (χ0v) is 7.93. The van der Waals surface area contributed by atoms with Crippen molar-refractivity contribution >= 4 is 24.0 Å². The molecule has 0 unspecified atom stereocenters. The van der Waals surface area contributed by atoms with Crippen LogP contribution in [0, 0.1) is 0 Å². The molecule has 0 aliphatic heterocycles. The third kappa shape index (κ3) is 2.52. The van der Waals surface area contributed by atoms with Crippen LogP contribution in [0.25, 0.3) is 0 Å². The Labute approximate surface area is 82.3 Å². The third-order valence-corrected chi connectivity index (χ3v) is 1.51. The monoisotopic (exact) mass is 202 g/mol. The lowest BCUT2D eigenvalue weighted by Gasteiger charge is -2.04. The summed E-state index contributed by atoms with van der Waals surface area (Å²) < 4.78 is 4.90. The fraction of sp³-hybridized carbons (Fsp3) is 0.125. The normalized spacial score (nSPS) is 8.69. The second-order valence-corrected chi connectivity index (χ2v) is 2.32. The number of primary amides is 1. The van der Waals surface area contributed by atoms with Crippen LogP contribution in [0.4, 0.5) is 5.69 Å². The van der Waals surface area contributed by atoms with Crippen LogP contribution in [0.15, 0.2) is 18.2 Å². The van der Waals surface area contributed by atoms with E-state index in [1.807, 2.05) is 0 Å². The molecule has 5 heteroatoms. The number of carbonyl (C=O) groups is 1. The van der Waals surface area contributed by atoms with Gasteiger partial charge in [0.1, 0.15) is 5.75 Å². The van der Waals surface area contributed by atoms with Gasteiger partial charge in [-0.1, -0.05) is 0 Å². The van der Waals surface area contributed by atoms with Gasteiger partial charge < -0.3 is 16.2 Å². The number of anilines is 1. The fourth-order valence-electron chi connectivity index (χ4n) is 0.888. The summed E-state index contributed by atoms with van der Waals surface area (Å²) in [6.07, 6.45) is 0. The predicted octanol–water partition coefficient (Wildman–Crippen LogP) is 0.798. The summed E-state index contributed by atoms with van der Waals surface area (Å²) in [6.45, 7) is 0. The van der Waals surface area contributed by atoms with E-state index in [1.54, 1.807) is 12.1 Å². The van der Waals surface area contributed by atoms with Gasteiger partial charge in [0.05, 0.1) is 12.8 Å². The van der Waals surface area contributed by atoms with Gasteiger partial charge >= 0.3 is 0 Å². The van der Waals surface area contributed by atoms with E-state index in [2.05, 4.69) is 0 Å². The lowest BCUT2D eigenvalue weighted by atomic mass is 10.2. The van der Waals surface area contributed by atoms with Crippen molar-refractivity contribution < 1.29 is 9.53 Å². The molecule has 0 aromatic heterocycles.